The van der Waals surface area contributed by atoms with Crippen LogP contribution < -0.4 is 15.2 Å². The quantitative estimate of drug-likeness (QED) is 0.819. The van der Waals surface area contributed by atoms with Crippen LogP contribution in [-0.4, -0.2) is 13.2 Å². The van der Waals surface area contributed by atoms with Gasteiger partial charge in [0.2, 0.25) is 0 Å². The molecule has 6 heteroatoms. The predicted molar refractivity (Wildman–Crippen MR) is 87.6 cm³/mol. The van der Waals surface area contributed by atoms with Gasteiger partial charge in [-0.05, 0) is 45.3 Å². The van der Waals surface area contributed by atoms with Crippen LogP contribution in [0.2, 0.25) is 10.0 Å². The van der Waals surface area contributed by atoms with Gasteiger partial charge in [0, 0.05) is 15.6 Å². The largest absolute Gasteiger partial charge is 0.486 e. The number of fused-ring (bicyclic) bond motifs is 1. The normalized spacial score (nSPS) is 14.9. The lowest BCUT2D eigenvalue weighted by Crippen LogP contribution is -2.17. The molecule has 2 aromatic carbocycles. The summed E-state index contributed by atoms with van der Waals surface area (Å²) in [6.45, 7) is 1.05. The fourth-order valence-electron chi connectivity index (χ4n) is 2.20. The molecule has 1 atom stereocenters. The number of halogens is 3. The number of rotatable bonds is 2. The Morgan fingerprint density at radius 1 is 1.00 bits per heavy atom. The molecule has 0 saturated carbocycles. The van der Waals surface area contributed by atoms with Crippen molar-refractivity contribution in [3.05, 3.63) is 56.0 Å². The van der Waals surface area contributed by atoms with Crippen molar-refractivity contribution in [1.29, 1.82) is 0 Å². The van der Waals surface area contributed by atoms with Gasteiger partial charge in [-0.1, -0.05) is 29.3 Å². The van der Waals surface area contributed by atoms with Crippen molar-refractivity contribution in [1.82, 2.24) is 0 Å². The van der Waals surface area contributed by atoms with Crippen LogP contribution >= 0.6 is 39.1 Å². The van der Waals surface area contributed by atoms with E-state index in [0.29, 0.717) is 34.8 Å². The Hall–Kier alpha value is -0.940. The van der Waals surface area contributed by atoms with Crippen LogP contribution in [0, 0.1) is 0 Å². The predicted octanol–water partition coefficient (Wildman–Crippen LogP) is 4.58. The van der Waals surface area contributed by atoms with Gasteiger partial charge in [-0.15, -0.1) is 0 Å². The number of ether oxygens (including phenoxy) is 2. The zero-order chi connectivity index (χ0) is 15.0. The molecular formula is C15H12BrCl2NO2. The van der Waals surface area contributed by atoms with Crippen molar-refractivity contribution in [2.45, 2.75) is 6.04 Å². The van der Waals surface area contributed by atoms with E-state index in [2.05, 4.69) is 15.9 Å². The Morgan fingerprint density at radius 2 is 1.67 bits per heavy atom. The first kappa shape index (κ1) is 15.0. The highest BCUT2D eigenvalue weighted by molar-refractivity contribution is 9.10. The second-order valence-electron chi connectivity index (χ2n) is 4.67. The molecule has 0 saturated heterocycles. The third-order valence-electron chi connectivity index (χ3n) is 3.30. The number of nitrogens with two attached hydrogens (primary N) is 1. The maximum Gasteiger partial charge on any atom is 0.162 e. The van der Waals surface area contributed by atoms with Crippen LogP contribution in [0.15, 0.2) is 34.8 Å². The lowest BCUT2D eigenvalue weighted by atomic mass is 9.99. The molecule has 0 aliphatic carbocycles. The summed E-state index contributed by atoms with van der Waals surface area (Å²) >= 11 is 15.8. The molecule has 1 unspecified atom stereocenters. The Kier molecular flexibility index (Phi) is 4.31. The Labute approximate surface area is 141 Å². The molecule has 1 aliphatic rings. The van der Waals surface area contributed by atoms with E-state index in [0.717, 1.165) is 15.6 Å². The van der Waals surface area contributed by atoms with Crippen molar-refractivity contribution in [3.8, 4) is 11.5 Å². The highest BCUT2D eigenvalue weighted by Crippen LogP contribution is 2.39. The summed E-state index contributed by atoms with van der Waals surface area (Å²) in [6, 6.07) is 8.78. The summed E-state index contributed by atoms with van der Waals surface area (Å²) in [6.07, 6.45) is 0. The van der Waals surface area contributed by atoms with Gasteiger partial charge >= 0.3 is 0 Å². The Balaban J connectivity index is 2.00. The first-order valence-corrected chi connectivity index (χ1v) is 7.90. The van der Waals surface area contributed by atoms with Gasteiger partial charge in [0.25, 0.3) is 0 Å². The van der Waals surface area contributed by atoms with Gasteiger partial charge in [0.1, 0.15) is 13.2 Å². The number of hydrogen-bond donors (Lipinski definition) is 1. The molecule has 3 rings (SSSR count). The molecule has 110 valence electrons. The van der Waals surface area contributed by atoms with Gasteiger partial charge in [-0.3, -0.25) is 0 Å². The van der Waals surface area contributed by atoms with E-state index in [1.807, 2.05) is 24.3 Å². The summed E-state index contributed by atoms with van der Waals surface area (Å²) in [4.78, 5) is 0. The lowest BCUT2D eigenvalue weighted by molar-refractivity contribution is 0.171. The van der Waals surface area contributed by atoms with E-state index >= 15 is 0 Å². The summed E-state index contributed by atoms with van der Waals surface area (Å²) in [5.74, 6) is 1.32. The molecule has 0 amide bonds. The minimum atomic E-state index is -0.390. The van der Waals surface area contributed by atoms with Crippen LogP contribution in [-0.2, 0) is 0 Å². The lowest BCUT2D eigenvalue weighted by Gasteiger charge is -2.22. The van der Waals surface area contributed by atoms with E-state index in [4.69, 9.17) is 38.4 Å². The molecule has 1 aliphatic heterocycles. The molecule has 0 radical (unpaired) electrons. The molecule has 3 nitrogen and oxygen atoms in total. The van der Waals surface area contributed by atoms with Crippen LogP contribution in [0.4, 0.5) is 0 Å². The molecule has 1 heterocycles. The molecule has 2 aromatic rings. The van der Waals surface area contributed by atoms with Gasteiger partial charge in [-0.25, -0.2) is 0 Å². The van der Waals surface area contributed by atoms with E-state index in [9.17, 15) is 0 Å². The van der Waals surface area contributed by atoms with Gasteiger partial charge in [0.15, 0.2) is 11.5 Å². The van der Waals surface area contributed by atoms with Crippen molar-refractivity contribution < 1.29 is 9.47 Å². The molecule has 21 heavy (non-hydrogen) atoms. The number of hydrogen-bond acceptors (Lipinski definition) is 3. The third kappa shape index (κ3) is 2.99. The van der Waals surface area contributed by atoms with Crippen molar-refractivity contribution in [2.24, 2.45) is 5.73 Å². The third-order valence-corrected chi connectivity index (χ3v) is 4.86. The number of benzene rings is 2. The second kappa shape index (κ2) is 6.05. The second-order valence-corrected chi connectivity index (χ2v) is 6.34. The zero-order valence-corrected chi connectivity index (χ0v) is 14.0. The molecule has 0 aromatic heterocycles. The van der Waals surface area contributed by atoms with Gasteiger partial charge < -0.3 is 15.2 Å². The summed E-state index contributed by atoms with van der Waals surface area (Å²) in [5, 5.41) is 1.16. The maximum absolute atomic E-state index is 6.32. The van der Waals surface area contributed by atoms with E-state index in [1.54, 1.807) is 6.07 Å². The summed E-state index contributed by atoms with van der Waals surface area (Å²) in [5.41, 5.74) is 7.97. The molecule has 0 bridgehead atoms. The van der Waals surface area contributed by atoms with E-state index < -0.39 is 0 Å². The molecule has 0 fully saturated rings. The van der Waals surface area contributed by atoms with E-state index in [1.165, 1.54) is 0 Å². The monoisotopic (exact) mass is 387 g/mol. The SMILES string of the molecule is NC(c1ccc(Br)c(Cl)c1)c1cc2c(cc1Cl)OCCO2. The molecular weight excluding hydrogens is 377 g/mol. The topological polar surface area (TPSA) is 44.5 Å². The van der Waals surface area contributed by atoms with Crippen molar-refractivity contribution >= 4 is 39.1 Å². The van der Waals surface area contributed by atoms with Gasteiger partial charge in [0.05, 0.1) is 11.1 Å². The minimum Gasteiger partial charge on any atom is -0.486 e. The molecule has 2 N–H and O–H groups in total. The fourth-order valence-corrected chi connectivity index (χ4v) is 2.91. The van der Waals surface area contributed by atoms with Gasteiger partial charge in [-0.2, -0.15) is 0 Å². The maximum atomic E-state index is 6.32. The smallest absolute Gasteiger partial charge is 0.162 e. The van der Waals surface area contributed by atoms with Crippen LogP contribution in [0.3, 0.4) is 0 Å². The minimum absolute atomic E-state index is 0.390. The summed E-state index contributed by atoms with van der Waals surface area (Å²) in [7, 11) is 0. The summed E-state index contributed by atoms with van der Waals surface area (Å²) < 4.78 is 11.9. The average molecular weight is 389 g/mol. The zero-order valence-electron chi connectivity index (χ0n) is 10.9. The van der Waals surface area contributed by atoms with Crippen LogP contribution in [0.25, 0.3) is 0 Å². The van der Waals surface area contributed by atoms with E-state index in [-0.39, 0.29) is 6.04 Å². The van der Waals surface area contributed by atoms with Crippen LogP contribution in [0.5, 0.6) is 11.5 Å². The van der Waals surface area contributed by atoms with Crippen molar-refractivity contribution in [2.75, 3.05) is 13.2 Å². The van der Waals surface area contributed by atoms with Crippen molar-refractivity contribution in [3.63, 3.8) is 0 Å². The fraction of sp³-hybridized carbons (Fsp3) is 0.200. The Bertz CT molecular complexity index is 694. The average Bonchev–Trinajstić information content (AvgIpc) is 2.48. The first-order valence-electron chi connectivity index (χ1n) is 6.36. The molecule has 0 spiro atoms. The van der Waals surface area contributed by atoms with Crippen LogP contribution in [0.1, 0.15) is 17.2 Å². The first-order chi connectivity index (χ1) is 10.1. The highest BCUT2D eigenvalue weighted by Gasteiger charge is 2.20. The standard InChI is InChI=1S/C15H12BrCl2NO2/c16-10-2-1-8(5-12(10)18)15(19)9-6-13-14(7-11(9)17)21-4-3-20-13/h1-2,5-7,15H,3-4,19H2. The highest BCUT2D eigenvalue weighted by atomic mass is 79.9. The Morgan fingerprint density at radius 3 is 2.33 bits per heavy atom.